The van der Waals surface area contributed by atoms with Gasteiger partial charge in [-0.05, 0) is 18.2 Å². The zero-order valence-corrected chi connectivity index (χ0v) is 10.9. The first-order valence-corrected chi connectivity index (χ1v) is 6.40. The Hall–Kier alpha value is -2.41. The highest BCUT2D eigenvalue weighted by atomic mass is 32.1. The highest BCUT2D eigenvalue weighted by Crippen LogP contribution is 2.30. The molecule has 0 aliphatic carbocycles. The number of benzene rings is 1. The van der Waals surface area contributed by atoms with E-state index >= 15 is 0 Å². The predicted molar refractivity (Wildman–Crippen MR) is 75.9 cm³/mol. The summed E-state index contributed by atoms with van der Waals surface area (Å²) < 4.78 is 6.30. The molecule has 0 amide bonds. The molecule has 0 unspecified atom stereocenters. The predicted octanol–water partition coefficient (Wildman–Crippen LogP) is 2.42. The lowest BCUT2D eigenvalue weighted by molar-refractivity contribution is 0.415. The maximum absolute atomic E-state index is 5.74. The lowest BCUT2D eigenvalue weighted by Crippen LogP contribution is -2.02. The molecule has 96 valence electrons. The van der Waals surface area contributed by atoms with Crippen LogP contribution in [0.4, 0.5) is 17.3 Å². The van der Waals surface area contributed by atoms with Gasteiger partial charge in [-0.15, -0.1) is 11.3 Å². The fraction of sp³-hybridized carbons (Fsp3) is 0.0833. The second kappa shape index (κ2) is 4.69. The molecule has 6 nitrogen and oxygen atoms in total. The van der Waals surface area contributed by atoms with Gasteiger partial charge in [-0.1, -0.05) is 0 Å². The van der Waals surface area contributed by atoms with Crippen LogP contribution in [0.5, 0.6) is 5.75 Å². The molecule has 0 saturated carbocycles. The van der Waals surface area contributed by atoms with Crippen molar-refractivity contribution in [2.75, 3.05) is 18.2 Å². The molecule has 3 N–H and O–H groups in total. The zero-order chi connectivity index (χ0) is 13.2. The third kappa shape index (κ3) is 2.15. The van der Waals surface area contributed by atoms with Gasteiger partial charge in [-0.25, -0.2) is 15.0 Å². The number of ether oxygens (including phenoxy) is 1. The van der Waals surface area contributed by atoms with Crippen molar-refractivity contribution >= 4 is 38.9 Å². The Labute approximate surface area is 113 Å². The van der Waals surface area contributed by atoms with Crippen molar-refractivity contribution in [2.24, 2.45) is 0 Å². The molecular formula is C12H11N5OS. The van der Waals surface area contributed by atoms with E-state index in [-0.39, 0.29) is 0 Å². The van der Waals surface area contributed by atoms with Gasteiger partial charge in [-0.3, -0.25) is 0 Å². The quantitative estimate of drug-likeness (QED) is 0.762. The summed E-state index contributed by atoms with van der Waals surface area (Å²) in [5.74, 6) is 1.28. The fourth-order valence-corrected chi connectivity index (χ4v) is 2.46. The van der Waals surface area contributed by atoms with Gasteiger partial charge < -0.3 is 15.8 Å². The molecule has 2 heterocycles. The van der Waals surface area contributed by atoms with E-state index in [0.717, 1.165) is 15.9 Å². The molecule has 0 aliphatic heterocycles. The van der Waals surface area contributed by atoms with Crippen LogP contribution in [0.2, 0.25) is 0 Å². The van der Waals surface area contributed by atoms with E-state index in [0.29, 0.717) is 17.4 Å². The number of methoxy groups -OCH3 is 1. The van der Waals surface area contributed by atoms with Crippen LogP contribution in [0.25, 0.3) is 10.2 Å². The van der Waals surface area contributed by atoms with Crippen LogP contribution in [0.1, 0.15) is 0 Å². The normalized spacial score (nSPS) is 10.6. The molecule has 3 rings (SSSR count). The Morgan fingerprint density at radius 1 is 1.26 bits per heavy atom. The largest absolute Gasteiger partial charge is 0.490 e. The number of aromatic nitrogens is 3. The van der Waals surface area contributed by atoms with E-state index in [1.165, 1.54) is 13.4 Å². The maximum atomic E-state index is 5.74. The number of hydrogen-bond donors (Lipinski definition) is 2. The highest BCUT2D eigenvalue weighted by molar-refractivity contribution is 7.16. The second-order valence-electron chi connectivity index (χ2n) is 3.80. The van der Waals surface area contributed by atoms with Gasteiger partial charge in [0.25, 0.3) is 0 Å². The minimum Gasteiger partial charge on any atom is -0.490 e. The summed E-state index contributed by atoms with van der Waals surface area (Å²) in [6, 6.07) is 5.88. The van der Waals surface area contributed by atoms with Crippen molar-refractivity contribution in [3.05, 3.63) is 30.0 Å². The van der Waals surface area contributed by atoms with Crippen LogP contribution >= 0.6 is 11.3 Å². The van der Waals surface area contributed by atoms with E-state index in [1.807, 2.05) is 23.7 Å². The van der Waals surface area contributed by atoms with E-state index in [9.17, 15) is 0 Å². The monoisotopic (exact) mass is 273 g/mol. The number of nitrogens with two attached hydrogens (primary N) is 1. The van der Waals surface area contributed by atoms with Gasteiger partial charge in [0.05, 0.1) is 22.8 Å². The van der Waals surface area contributed by atoms with E-state index in [2.05, 4.69) is 20.3 Å². The molecule has 2 aromatic heterocycles. The van der Waals surface area contributed by atoms with Gasteiger partial charge in [0.1, 0.15) is 6.33 Å². The second-order valence-corrected chi connectivity index (χ2v) is 4.69. The summed E-state index contributed by atoms with van der Waals surface area (Å²) >= 11 is 1.59. The van der Waals surface area contributed by atoms with Crippen LogP contribution in [-0.2, 0) is 0 Å². The van der Waals surface area contributed by atoms with E-state index in [1.54, 1.807) is 11.3 Å². The number of thiazole rings is 1. The number of nitrogens with one attached hydrogen (secondary N) is 1. The topological polar surface area (TPSA) is 86.0 Å². The summed E-state index contributed by atoms with van der Waals surface area (Å²) in [6.45, 7) is 0. The van der Waals surface area contributed by atoms with Crippen molar-refractivity contribution in [1.29, 1.82) is 0 Å². The van der Waals surface area contributed by atoms with Crippen molar-refractivity contribution in [2.45, 2.75) is 0 Å². The molecule has 0 radical (unpaired) electrons. The van der Waals surface area contributed by atoms with Crippen LogP contribution in [0.3, 0.4) is 0 Å². The first-order valence-electron chi connectivity index (χ1n) is 5.52. The minimum absolute atomic E-state index is 0.305. The third-order valence-electron chi connectivity index (χ3n) is 2.63. The number of nitrogens with zero attached hydrogens (tertiary/aromatic N) is 3. The average Bonchev–Trinajstić information content (AvgIpc) is 2.86. The van der Waals surface area contributed by atoms with Gasteiger partial charge in [0.15, 0.2) is 11.6 Å². The molecular weight excluding hydrogens is 262 g/mol. The SMILES string of the molecule is COc1c(N)ncnc1Nc1ccc2ncsc2c1. The Balaban J connectivity index is 1.98. The minimum atomic E-state index is 0.305. The van der Waals surface area contributed by atoms with Crippen LogP contribution < -0.4 is 15.8 Å². The smallest absolute Gasteiger partial charge is 0.204 e. The molecule has 0 bridgehead atoms. The molecule has 0 spiro atoms. The van der Waals surface area contributed by atoms with Crippen molar-refractivity contribution in [3.63, 3.8) is 0 Å². The van der Waals surface area contributed by atoms with Crippen LogP contribution in [-0.4, -0.2) is 22.1 Å². The molecule has 0 fully saturated rings. The molecule has 0 atom stereocenters. The molecule has 0 aliphatic rings. The maximum Gasteiger partial charge on any atom is 0.204 e. The lowest BCUT2D eigenvalue weighted by Gasteiger charge is -2.10. The van der Waals surface area contributed by atoms with Crippen molar-refractivity contribution < 1.29 is 4.74 Å². The van der Waals surface area contributed by atoms with Gasteiger partial charge in [-0.2, -0.15) is 0 Å². The Morgan fingerprint density at radius 2 is 2.16 bits per heavy atom. The number of fused-ring (bicyclic) bond motifs is 1. The Morgan fingerprint density at radius 3 is 3.00 bits per heavy atom. The summed E-state index contributed by atoms with van der Waals surface area (Å²) in [5, 5.41) is 3.17. The number of hydrogen-bond acceptors (Lipinski definition) is 7. The molecule has 1 aromatic carbocycles. The Bertz CT molecular complexity index is 727. The van der Waals surface area contributed by atoms with Gasteiger partial charge >= 0.3 is 0 Å². The lowest BCUT2D eigenvalue weighted by atomic mass is 10.3. The number of rotatable bonds is 3. The van der Waals surface area contributed by atoms with Crippen LogP contribution in [0, 0.1) is 0 Å². The summed E-state index contributed by atoms with van der Waals surface area (Å²) in [4.78, 5) is 12.3. The zero-order valence-electron chi connectivity index (χ0n) is 10.1. The first-order chi connectivity index (χ1) is 9.28. The van der Waals surface area contributed by atoms with Gasteiger partial charge in [0.2, 0.25) is 5.75 Å². The van der Waals surface area contributed by atoms with Crippen molar-refractivity contribution in [1.82, 2.24) is 15.0 Å². The van der Waals surface area contributed by atoms with Crippen LogP contribution in [0.15, 0.2) is 30.0 Å². The summed E-state index contributed by atoms with van der Waals surface area (Å²) in [5.41, 5.74) is 9.43. The standard InChI is InChI=1S/C12H11N5OS/c1-18-10-11(13)14-5-15-12(10)17-7-2-3-8-9(4-7)19-6-16-8/h2-6H,1H3,(H3,13,14,15,17). The third-order valence-corrected chi connectivity index (χ3v) is 3.42. The van der Waals surface area contributed by atoms with E-state index < -0.39 is 0 Å². The molecule has 0 saturated heterocycles. The molecule has 3 aromatic rings. The molecule has 7 heteroatoms. The Kier molecular flexibility index (Phi) is 2.88. The average molecular weight is 273 g/mol. The van der Waals surface area contributed by atoms with E-state index in [4.69, 9.17) is 10.5 Å². The number of anilines is 3. The summed E-state index contributed by atoms with van der Waals surface area (Å²) in [6.07, 6.45) is 1.39. The first kappa shape index (κ1) is 11.7. The summed E-state index contributed by atoms with van der Waals surface area (Å²) in [7, 11) is 1.53. The van der Waals surface area contributed by atoms with Gasteiger partial charge in [0, 0.05) is 5.69 Å². The fourth-order valence-electron chi connectivity index (χ4n) is 1.75. The number of nitrogen functional groups attached to an aromatic ring is 1. The highest BCUT2D eigenvalue weighted by Gasteiger charge is 2.10. The molecule has 19 heavy (non-hydrogen) atoms. The van der Waals surface area contributed by atoms with Crippen molar-refractivity contribution in [3.8, 4) is 5.75 Å².